The summed E-state index contributed by atoms with van der Waals surface area (Å²) in [5, 5.41) is 10.9. The molecule has 0 fully saturated rings. The minimum Gasteiger partial charge on any atom is -0.378 e. The summed E-state index contributed by atoms with van der Waals surface area (Å²) in [6.45, 7) is 0.723. The standard InChI is InChI=1S/C13H14Cl2N4O/c1-16-12(20)8-19-7-10(6-18-19)17-5-9-3-2-4-11(14)13(9)15/h2-4,6-7,17H,5,8H2,1H3,(H,16,20). The molecule has 0 spiro atoms. The van der Waals surface area contributed by atoms with Crippen LogP contribution < -0.4 is 10.6 Å². The number of hydrogen-bond donors (Lipinski definition) is 2. The van der Waals surface area contributed by atoms with Crippen LogP contribution in [0.2, 0.25) is 10.0 Å². The summed E-state index contributed by atoms with van der Waals surface area (Å²) in [5.74, 6) is -0.0995. The number of halogens is 2. The molecule has 0 atom stereocenters. The molecule has 1 aromatic carbocycles. The zero-order chi connectivity index (χ0) is 14.5. The smallest absolute Gasteiger partial charge is 0.241 e. The average molecular weight is 313 g/mol. The molecule has 1 amide bonds. The number of anilines is 1. The molecule has 20 heavy (non-hydrogen) atoms. The molecular formula is C13H14Cl2N4O. The Morgan fingerprint density at radius 3 is 2.95 bits per heavy atom. The molecule has 1 aromatic heterocycles. The van der Waals surface area contributed by atoms with Crippen LogP contribution in [-0.4, -0.2) is 22.7 Å². The Bertz CT molecular complexity index is 612. The van der Waals surface area contributed by atoms with Crippen molar-refractivity contribution in [3.63, 3.8) is 0 Å². The third kappa shape index (κ3) is 3.65. The van der Waals surface area contributed by atoms with Gasteiger partial charge in [0.1, 0.15) is 6.54 Å². The van der Waals surface area contributed by atoms with Crippen molar-refractivity contribution in [1.82, 2.24) is 15.1 Å². The fraction of sp³-hybridized carbons (Fsp3) is 0.231. The van der Waals surface area contributed by atoms with Crippen molar-refractivity contribution in [3.05, 3.63) is 46.2 Å². The quantitative estimate of drug-likeness (QED) is 0.892. The SMILES string of the molecule is CNC(=O)Cn1cc(NCc2cccc(Cl)c2Cl)cn1. The van der Waals surface area contributed by atoms with Gasteiger partial charge < -0.3 is 10.6 Å². The average Bonchev–Trinajstić information content (AvgIpc) is 2.88. The zero-order valence-corrected chi connectivity index (χ0v) is 12.4. The van der Waals surface area contributed by atoms with Gasteiger partial charge in [-0.3, -0.25) is 9.48 Å². The van der Waals surface area contributed by atoms with E-state index in [1.165, 1.54) is 0 Å². The molecule has 0 bridgehead atoms. The Morgan fingerprint density at radius 1 is 1.40 bits per heavy atom. The van der Waals surface area contributed by atoms with E-state index < -0.39 is 0 Å². The number of carbonyl (C=O) groups excluding carboxylic acids is 1. The lowest BCUT2D eigenvalue weighted by molar-refractivity contribution is -0.121. The molecule has 106 valence electrons. The van der Waals surface area contributed by atoms with Crippen molar-refractivity contribution in [1.29, 1.82) is 0 Å². The van der Waals surface area contributed by atoms with E-state index in [1.54, 1.807) is 30.2 Å². The molecular weight excluding hydrogens is 299 g/mol. The molecule has 1 heterocycles. The fourth-order valence-corrected chi connectivity index (χ4v) is 2.04. The summed E-state index contributed by atoms with van der Waals surface area (Å²) in [6.07, 6.45) is 3.41. The minimum absolute atomic E-state index is 0.0995. The molecule has 2 rings (SSSR count). The van der Waals surface area contributed by atoms with Crippen LogP contribution >= 0.6 is 23.2 Å². The molecule has 0 aliphatic rings. The molecule has 0 unspecified atom stereocenters. The highest BCUT2D eigenvalue weighted by molar-refractivity contribution is 6.42. The van der Waals surface area contributed by atoms with Gasteiger partial charge in [0.2, 0.25) is 5.91 Å². The predicted molar refractivity (Wildman–Crippen MR) is 80.1 cm³/mol. The Hall–Kier alpha value is -1.72. The van der Waals surface area contributed by atoms with Gasteiger partial charge in [0.25, 0.3) is 0 Å². The molecule has 0 radical (unpaired) electrons. The summed E-state index contributed by atoms with van der Waals surface area (Å²) in [5.41, 5.74) is 1.71. The molecule has 2 aromatic rings. The van der Waals surface area contributed by atoms with Crippen LogP contribution in [0.1, 0.15) is 5.56 Å². The molecule has 0 saturated heterocycles. The lowest BCUT2D eigenvalue weighted by atomic mass is 10.2. The van der Waals surface area contributed by atoms with Gasteiger partial charge in [0.15, 0.2) is 0 Å². The first-order valence-corrected chi connectivity index (χ1v) is 6.75. The van der Waals surface area contributed by atoms with Crippen LogP contribution in [0.4, 0.5) is 5.69 Å². The maximum absolute atomic E-state index is 11.2. The second kappa shape index (κ2) is 6.63. The monoisotopic (exact) mass is 312 g/mol. The molecule has 2 N–H and O–H groups in total. The van der Waals surface area contributed by atoms with Gasteiger partial charge in [-0.25, -0.2) is 0 Å². The lowest BCUT2D eigenvalue weighted by Gasteiger charge is -2.07. The molecule has 0 aliphatic heterocycles. The zero-order valence-electron chi connectivity index (χ0n) is 10.9. The number of nitrogens with zero attached hydrogens (tertiary/aromatic N) is 2. The first-order valence-electron chi connectivity index (χ1n) is 6.00. The minimum atomic E-state index is -0.0995. The van der Waals surface area contributed by atoms with Crippen molar-refractivity contribution >= 4 is 34.8 Å². The van der Waals surface area contributed by atoms with Gasteiger partial charge in [-0.1, -0.05) is 35.3 Å². The Kier molecular flexibility index (Phi) is 4.87. The van der Waals surface area contributed by atoms with Crippen molar-refractivity contribution in [3.8, 4) is 0 Å². The number of aromatic nitrogens is 2. The Labute approximate surface area is 126 Å². The van der Waals surface area contributed by atoms with E-state index in [0.717, 1.165) is 11.3 Å². The van der Waals surface area contributed by atoms with Crippen LogP contribution in [0.5, 0.6) is 0 Å². The van der Waals surface area contributed by atoms with Crippen molar-refractivity contribution in [2.45, 2.75) is 13.1 Å². The third-order valence-corrected chi connectivity index (χ3v) is 3.59. The van der Waals surface area contributed by atoms with E-state index in [0.29, 0.717) is 16.6 Å². The van der Waals surface area contributed by atoms with Crippen molar-refractivity contribution in [2.24, 2.45) is 0 Å². The first-order chi connectivity index (χ1) is 9.60. The number of amides is 1. The van der Waals surface area contributed by atoms with Crippen LogP contribution in [0.15, 0.2) is 30.6 Å². The van der Waals surface area contributed by atoms with Crippen LogP contribution in [0.3, 0.4) is 0 Å². The van der Waals surface area contributed by atoms with Crippen molar-refractivity contribution < 1.29 is 4.79 Å². The molecule has 0 saturated carbocycles. The van der Waals surface area contributed by atoms with Gasteiger partial charge >= 0.3 is 0 Å². The van der Waals surface area contributed by atoms with Gasteiger partial charge in [-0.2, -0.15) is 5.10 Å². The fourth-order valence-electron chi connectivity index (χ4n) is 1.65. The number of nitrogens with one attached hydrogen (secondary N) is 2. The van der Waals surface area contributed by atoms with Crippen molar-refractivity contribution in [2.75, 3.05) is 12.4 Å². The highest BCUT2D eigenvalue weighted by Gasteiger charge is 2.06. The number of hydrogen-bond acceptors (Lipinski definition) is 3. The summed E-state index contributed by atoms with van der Waals surface area (Å²) in [6, 6.07) is 5.49. The topological polar surface area (TPSA) is 59.0 Å². The maximum Gasteiger partial charge on any atom is 0.241 e. The Morgan fingerprint density at radius 2 is 2.20 bits per heavy atom. The number of carbonyl (C=O) groups is 1. The molecule has 5 nitrogen and oxygen atoms in total. The van der Waals surface area contributed by atoms with E-state index in [-0.39, 0.29) is 12.5 Å². The number of likely N-dealkylation sites (N-methyl/N-ethyl adjacent to an activating group) is 1. The van der Waals surface area contributed by atoms with E-state index >= 15 is 0 Å². The molecule has 0 aliphatic carbocycles. The van der Waals surface area contributed by atoms with Crippen LogP contribution in [-0.2, 0) is 17.9 Å². The van der Waals surface area contributed by atoms with Crippen LogP contribution in [0, 0.1) is 0 Å². The lowest BCUT2D eigenvalue weighted by Crippen LogP contribution is -2.23. The second-order valence-electron chi connectivity index (χ2n) is 4.17. The van der Waals surface area contributed by atoms with Gasteiger partial charge in [-0.05, 0) is 11.6 Å². The molecule has 7 heteroatoms. The van der Waals surface area contributed by atoms with Gasteiger partial charge in [-0.15, -0.1) is 0 Å². The third-order valence-electron chi connectivity index (χ3n) is 2.73. The van der Waals surface area contributed by atoms with E-state index in [9.17, 15) is 4.79 Å². The summed E-state index contributed by atoms with van der Waals surface area (Å²) >= 11 is 12.1. The number of rotatable bonds is 5. The van der Waals surface area contributed by atoms with Gasteiger partial charge in [0.05, 0.1) is 21.9 Å². The first kappa shape index (κ1) is 14.7. The maximum atomic E-state index is 11.2. The van der Waals surface area contributed by atoms with Gasteiger partial charge in [0, 0.05) is 19.8 Å². The second-order valence-corrected chi connectivity index (χ2v) is 4.95. The largest absolute Gasteiger partial charge is 0.378 e. The predicted octanol–water partition coefficient (Wildman–Crippen LogP) is 2.55. The summed E-state index contributed by atoms with van der Waals surface area (Å²) in [4.78, 5) is 11.2. The summed E-state index contributed by atoms with van der Waals surface area (Å²) in [7, 11) is 1.59. The van der Waals surface area contributed by atoms with Crippen LogP contribution in [0.25, 0.3) is 0 Å². The number of benzene rings is 1. The summed E-state index contributed by atoms with van der Waals surface area (Å²) < 4.78 is 1.56. The van der Waals surface area contributed by atoms with E-state index in [2.05, 4.69) is 15.7 Å². The Balaban J connectivity index is 1.97. The normalized spacial score (nSPS) is 10.3. The highest BCUT2D eigenvalue weighted by atomic mass is 35.5. The van der Waals surface area contributed by atoms with E-state index in [4.69, 9.17) is 23.2 Å². The van der Waals surface area contributed by atoms with E-state index in [1.807, 2.05) is 12.1 Å². The highest BCUT2D eigenvalue weighted by Crippen LogP contribution is 2.26.